The molecule has 0 spiro atoms. The van der Waals surface area contributed by atoms with Crippen LogP contribution in [0.4, 0.5) is 11.6 Å². The summed E-state index contributed by atoms with van der Waals surface area (Å²) in [5.74, 6) is 0.534. The molecule has 0 saturated heterocycles. The maximum Gasteiger partial charge on any atom is 0.308 e. The lowest BCUT2D eigenvalue weighted by atomic mass is 9.80. The molecular weight excluding hydrogens is 1140 g/mol. The molecule has 2 aromatic carbocycles. The van der Waals surface area contributed by atoms with Crippen LogP contribution in [0.15, 0.2) is 94.4 Å². The summed E-state index contributed by atoms with van der Waals surface area (Å²) in [6, 6.07) is 22.5. The molecule has 8 aromatic rings. The number of carbonyl (C=O) groups is 2. The van der Waals surface area contributed by atoms with Gasteiger partial charge in [-0.1, -0.05) is 75.7 Å². The molecule has 6 heterocycles. The van der Waals surface area contributed by atoms with Gasteiger partial charge in [0.25, 0.3) is 0 Å². The van der Waals surface area contributed by atoms with Gasteiger partial charge in [0, 0.05) is 86.6 Å². The summed E-state index contributed by atoms with van der Waals surface area (Å²) < 4.78 is 23.0. The third-order valence-electron chi connectivity index (χ3n) is 14.9. The summed E-state index contributed by atoms with van der Waals surface area (Å²) in [4.78, 5) is 45.3. The first-order valence-corrected chi connectivity index (χ1v) is 35.7. The second kappa shape index (κ2) is 24.2. The molecule has 0 unspecified atom stereocenters. The lowest BCUT2D eigenvalue weighted by Gasteiger charge is -2.31. The molecular formula is C57H70Br2N10O6Si2. The Morgan fingerprint density at radius 2 is 1.12 bits per heavy atom. The molecule has 2 aliphatic rings. The van der Waals surface area contributed by atoms with Crippen molar-refractivity contribution in [2.75, 3.05) is 44.4 Å². The molecule has 0 bridgehead atoms. The maximum absolute atomic E-state index is 12.3. The number of para-hydroxylation sites is 2. The van der Waals surface area contributed by atoms with Gasteiger partial charge in [0.05, 0.1) is 62.7 Å². The predicted octanol–water partition coefficient (Wildman–Crippen LogP) is 13.2. The van der Waals surface area contributed by atoms with E-state index in [9.17, 15) is 14.7 Å². The van der Waals surface area contributed by atoms with Crippen LogP contribution in [0.2, 0.25) is 51.4 Å². The van der Waals surface area contributed by atoms with Crippen molar-refractivity contribution < 1.29 is 28.9 Å². The zero-order valence-electron chi connectivity index (χ0n) is 45.1. The summed E-state index contributed by atoms with van der Waals surface area (Å²) >= 11 is 7.61. The van der Waals surface area contributed by atoms with Crippen molar-refractivity contribution in [3.8, 4) is 22.3 Å². The number of hydrogen-bond acceptors (Lipinski definition) is 13. The maximum atomic E-state index is 12.3. The number of nitrogens with two attached hydrogens (primary N) is 1. The van der Waals surface area contributed by atoms with Crippen LogP contribution < -0.4 is 10.6 Å². The summed E-state index contributed by atoms with van der Waals surface area (Å²) in [5.41, 5.74) is 15.2. The van der Waals surface area contributed by atoms with E-state index in [2.05, 4.69) is 104 Å². The largest absolute Gasteiger partial charge is 0.481 e. The van der Waals surface area contributed by atoms with Crippen molar-refractivity contribution in [3.05, 3.63) is 106 Å². The average Bonchev–Trinajstić information content (AvgIpc) is 4.08. The molecule has 10 rings (SSSR count). The number of nitrogens with zero attached hydrogens (tertiary/aromatic N) is 9. The molecule has 16 nitrogen and oxygen atoms in total. The van der Waals surface area contributed by atoms with Crippen LogP contribution in [0.1, 0.15) is 74.6 Å². The molecule has 77 heavy (non-hydrogen) atoms. The lowest BCUT2D eigenvalue weighted by Crippen LogP contribution is -2.34. The van der Waals surface area contributed by atoms with E-state index in [4.69, 9.17) is 40.0 Å². The quantitative estimate of drug-likeness (QED) is 0.0378. The normalized spacial score (nSPS) is 18.1. The number of carbonyl (C=O) groups excluding carboxylic acids is 1. The van der Waals surface area contributed by atoms with Gasteiger partial charge in [-0.25, -0.2) is 9.97 Å². The van der Waals surface area contributed by atoms with Gasteiger partial charge in [0.2, 0.25) is 0 Å². The van der Waals surface area contributed by atoms with Crippen LogP contribution in [-0.4, -0.2) is 106 Å². The molecule has 3 N–H and O–H groups in total. The van der Waals surface area contributed by atoms with E-state index in [0.717, 1.165) is 126 Å². The SMILES string of the molecule is COC(=O)C1CCC(c2nc3c(-c4cnc5ccccc5c4)cnn3c(N(COCC[Si](C)(C)C)COCC[Si](C)(C)C)c2Br)CC1.Nc1c(Br)c(C2CCC(C(=O)O)CC2)nc2c(-c3cnc4ccccc4c3)cnn12. The Morgan fingerprint density at radius 3 is 1.60 bits per heavy atom. The highest BCUT2D eigenvalue weighted by atomic mass is 79.9. The molecule has 6 aromatic heterocycles. The van der Waals surface area contributed by atoms with Gasteiger partial charge in [0.1, 0.15) is 19.3 Å². The third kappa shape index (κ3) is 13.1. The number of hydrogen-bond donors (Lipinski definition) is 2. The van der Waals surface area contributed by atoms with Crippen molar-refractivity contribution in [1.29, 1.82) is 0 Å². The van der Waals surface area contributed by atoms with Gasteiger partial charge >= 0.3 is 11.9 Å². The average molecular weight is 1210 g/mol. The Hall–Kier alpha value is -5.65. The Bertz CT molecular complexity index is 3380. The minimum atomic E-state index is -1.26. The minimum absolute atomic E-state index is 0.0662. The number of carboxylic acids is 1. The zero-order chi connectivity index (χ0) is 54.6. The molecule has 0 atom stereocenters. The first-order chi connectivity index (χ1) is 36.9. The van der Waals surface area contributed by atoms with Crippen molar-refractivity contribution in [3.63, 3.8) is 0 Å². The van der Waals surface area contributed by atoms with Gasteiger partial charge in [0.15, 0.2) is 17.1 Å². The number of aromatic nitrogens is 8. The van der Waals surface area contributed by atoms with E-state index in [1.54, 1.807) is 10.7 Å². The Labute approximate surface area is 468 Å². The monoisotopic (exact) mass is 1200 g/mol. The molecule has 2 aliphatic carbocycles. The fourth-order valence-corrected chi connectivity index (χ4v) is 13.2. The topological polar surface area (TPSA) is 197 Å². The molecule has 2 saturated carbocycles. The first kappa shape index (κ1) is 56.1. The fourth-order valence-electron chi connectivity index (χ4n) is 10.3. The van der Waals surface area contributed by atoms with Gasteiger partial charge in [-0.05, 0) is 120 Å². The lowest BCUT2D eigenvalue weighted by molar-refractivity contribution is -0.146. The smallest absolute Gasteiger partial charge is 0.308 e. The Morgan fingerprint density at radius 1 is 0.662 bits per heavy atom. The van der Waals surface area contributed by atoms with Crippen molar-refractivity contribution in [1.82, 2.24) is 39.2 Å². The van der Waals surface area contributed by atoms with Crippen molar-refractivity contribution >= 4 is 105 Å². The number of ether oxygens (including phenoxy) is 3. The van der Waals surface area contributed by atoms with Gasteiger partial charge in [-0.3, -0.25) is 19.6 Å². The number of esters is 1. The van der Waals surface area contributed by atoms with E-state index < -0.39 is 22.1 Å². The number of fused-ring (bicyclic) bond motifs is 4. The number of rotatable bonds is 17. The molecule has 2 fully saturated rings. The van der Waals surface area contributed by atoms with Gasteiger partial charge in [-0.15, -0.1) is 0 Å². The number of halogens is 2. The second-order valence-electron chi connectivity index (χ2n) is 22.9. The highest BCUT2D eigenvalue weighted by Gasteiger charge is 2.34. The van der Waals surface area contributed by atoms with Gasteiger partial charge < -0.3 is 30.0 Å². The summed E-state index contributed by atoms with van der Waals surface area (Å²) in [6.45, 7) is 16.3. The number of benzene rings is 2. The molecule has 0 radical (unpaired) electrons. The van der Waals surface area contributed by atoms with E-state index in [1.165, 1.54) is 7.11 Å². The molecule has 406 valence electrons. The number of aliphatic carboxylic acids is 1. The van der Waals surface area contributed by atoms with Gasteiger partial charge in [-0.2, -0.15) is 19.2 Å². The van der Waals surface area contributed by atoms with E-state index >= 15 is 0 Å². The molecule has 0 amide bonds. The number of carboxylic acid groups (broad SMARTS) is 1. The van der Waals surface area contributed by atoms with Crippen molar-refractivity contribution in [2.45, 2.75) is 115 Å². The standard InChI is InChI=1S/C35H50BrN5O4Si2.C22H20BrN5O2/c1-43-35(42)26-14-12-25(13-15-26)32-31(36)34(40(23-44-16-18-46(2,3)4)24-45-17-19-47(5,6)7)41-33(39-32)29(22-38-41)28-20-27-10-8-9-11-30(27)37-21-28;23-18-19(12-5-7-13(8-6-12)22(29)30)27-21-16(11-26-28(21)20(18)24)15-9-14-3-1-2-4-17(14)25-10-15/h8-11,20-22,25-26H,12-19,23-24H2,1-7H3;1-4,9-13H,5-8,24H2,(H,29,30). The fraction of sp³-hybridized carbons (Fsp3) is 0.439. The Balaban J connectivity index is 0.000000206. The van der Waals surface area contributed by atoms with E-state index in [1.807, 2.05) is 65.6 Å². The Kier molecular flexibility index (Phi) is 17.6. The van der Waals surface area contributed by atoms with Crippen molar-refractivity contribution in [2.24, 2.45) is 11.8 Å². The highest BCUT2D eigenvalue weighted by molar-refractivity contribution is 9.11. The number of nitrogen functional groups attached to an aromatic ring is 1. The van der Waals surface area contributed by atoms with Crippen LogP contribution >= 0.6 is 31.9 Å². The predicted molar refractivity (Wildman–Crippen MR) is 317 cm³/mol. The van der Waals surface area contributed by atoms with Crippen LogP contribution in [-0.2, 0) is 23.8 Å². The first-order valence-electron chi connectivity index (χ1n) is 26.7. The summed E-state index contributed by atoms with van der Waals surface area (Å²) in [7, 11) is -1.05. The van der Waals surface area contributed by atoms with Crippen LogP contribution in [0.5, 0.6) is 0 Å². The third-order valence-corrected chi connectivity index (χ3v) is 19.9. The number of methoxy groups -OCH3 is 1. The minimum Gasteiger partial charge on any atom is -0.481 e. The summed E-state index contributed by atoms with van der Waals surface area (Å²) in [5, 5.41) is 20.8. The van der Waals surface area contributed by atoms with Crippen LogP contribution in [0.3, 0.4) is 0 Å². The summed E-state index contributed by atoms with van der Waals surface area (Å²) in [6.07, 6.45) is 13.5. The van der Waals surface area contributed by atoms with E-state index in [0.29, 0.717) is 51.0 Å². The van der Waals surface area contributed by atoms with Crippen LogP contribution in [0, 0.1) is 11.8 Å². The highest BCUT2D eigenvalue weighted by Crippen LogP contribution is 2.44. The molecule has 20 heteroatoms. The molecule has 0 aliphatic heterocycles. The van der Waals surface area contributed by atoms with Crippen LogP contribution in [0.25, 0.3) is 55.4 Å². The second-order valence-corrected chi connectivity index (χ2v) is 35.8. The number of pyridine rings is 2. The van der Waals surface area contributed by atoms with E-state index in [-0.39, 0.29) is 29.6 Å². The number of anilines is 2. The zero-order valence-corrected chi connectivity index (χ0v) is 50.3.